The fourth-order valence-electron chi connectivity index (χ4n) is 5.16. The molecule has 0 saturated heterocycles. The minimum absolute atomic E-state index is 0.126. The fraction of sp³-hybridized carbons (Fsp3) is 0.176. The van der Waals surface area contributed by atoms with E-state index in [2.05, 4.69) is 23.7 Å². The summed E-state index contributed by atoms with van der Waals surface area (Å²) in [6, 6.07) is 28.4. The Morgan fingerprint density at radius 1 is 0.925 bits per heavy atom. The lowest BCUT2D eigenvalue weighted by molar-refractivity contribution is 0.0697. The van der Waals surface area contributed by atoms with Gasteiger partial charge in [0.15, 0.2) is 0 Å². The Bertz CT molecular complexity index is 1720. The minimum Gasteiger partial charge on any atom is -0.497 e. The highest BCUT2D eigenvalue weighted by Crippen LogP contribution is 2.29. The summed E-state index contributed by atoms with van der Waals surface area (Å²) >= 11 is 0. The molecule has 6 heteroatoms. The Balaban J connectivity index is 1.38. The van der Waals surface area contributed by atoms with Gasteiger partial charge in [0.25, 0.3) is 5.91 Å². The molecule has 0 spiro atoms. The third kappa shape index (κ3) is 5.21. The third-order valence-corrected chi connectivity index (χ3v) is 7.61. The lowest BCUT2D eigenvalue weighted by atomic mass is 9.99. The average Bonchev–Trinajstić information content (AvgIpc) is 3.21. The standard InChI is InChI=1S/C34H32N2O4/c1-21-23(3)36(20-24-12-14-25(15-13-24)29-10-5-6-11-30(29)34(38)39)32-17-16-27(19-31(21)32)33(37)35-22(2)26-8-7-9-28(18-26)40-4/h5-19,22H,20H2,1-4H3,(H,35,37)(H,38,39)/t22-/m0/s1. The molecule has 0 unspecified atom stereocenters. The van der Waals surface area contributed by atoms with Crippen LogP contribution in [-0.2, 0) is 6.54 Å². The van der Waals surface area contributed by atoms with Crippen LogP contribution in [0.15, 0.2) is 91.0 Å². The lowest BCUT2D eigenvalue weighted by Crippen LogP contribution is -2.26. The zero-order valence-corrected chi connectivity index (χ0v) is 23.1. The first-order chi connectivity index (χ1) is 19.3. The molecule has 1 aromatic heterocycles. The van der Waals surface area contributed by atoms with Crippen molar-refractivity contribution in [3.63, 3.8) is 0 Å². The summed E-state index contributed by atoms with van der Waals surface area (Å²) in [5.74, 6) is -0.307. The lowest BCUT2D eigenvalue weighted by Gasteiger charge is -2.15. The summed E-state index contributed by atoms with van der Waals surface area (Å²) in [6.45, 7) is 6.80. The van der Waals surface area contributed by atoms with E-state index < -0.39 is 5.97 Å². The van der Waals surface area contributed by atoms with Crippen molar-refractivity contribution >= 4 is 22.8 Å². The molecule has 6 nitrogen and oxygen atoms in total. The van der Waals surface area contributed by atoms with Gasteiger partial charge in [0.1, 0.15) is 5.75 Å². The number of nitrogens with one attached hydrogen (secondary N) is 1. The molecule has 4 aromatic carbocycles. The highest BCUT2D eigenvalue weighted by molar-refractivity contribution is 5.99. The number of benzene rings is 4. The molecule has 0 bridgehead atoms. The summed E-state index contributed by atoms with van der Waals surface area (Å²) in [7, 11) is 1.63. The van der Waals surface area contributed by atoms with Gasteiger partial charge in [-0.15, -0.1) is 0 Å². The molecule has 1 amide bonds. The number of nitrogens with zero attached hydrogens (tertiary/aromatic N) is 1. The van der Waals surface area contributed by atoms with Crippen LogP contribution in [0.2, 0.25) is 0 Å². The van der Waals surface area contributed by atoms with Crippen LogP contribution in [-0.4, -0.2) is 28.7 Å². The van der Waals surface area contributed by atoms with Crippen molar-refractivity contribution in [3.05, 3.63) is 125 Å². The van der Waals surface area contributed by atoms with E-state index in [0.717, 1.165) is 44.6 Å². The number of carbonyl (C=O) groups is 2. The van der Waals surface area contributed by atoms with Gasteiger partial charge in [-0.3, -0.25) is 4.79 Å². The van der Waals surface area contributed by atoms with Gasteiger partial charge in [0.05, 0.1) is 18.7 Å². The zero-order chi connectivity index (χ0) is 28.4. The molecule has 0 aliphatic rings. The van der Waals surface area contributed by atoms with E-state index in [-0.39, 0.29) is 17.5 Å². The first kappa shape index (κ1) is 26.8. The number of rotatable bonds is 8. The van der Waals surface area contributed by atoms with Crippen LogP contribution in [0, 0.1) is 13.8 Å². The number of aromatic nitrogens is 1. The molecule has 1 atom stereocenters. The van der Waals surface area contributed by atoms with Gasteiger partial charge in [-0.2, -0.15) is 0 Å². The smallest absolute Gasteiger partial charge is 0.336 e. The van der Waals surface area contributed by atoms with Crippen molar-refractivity contribution in [3.8, 4) is 16.9 Å². The van der Waals surface area contributed by atoms with Crippen molar-refractivity contribution in [2.45, 2.75) is 33.4 Å². The van der Waals surface area contributed by atoms with Crippen LogP contribution < -0.4 is 10.1 Å². The van der Waals surface area contributed by atoms with Gasteiger partial charge in [-0.05, 0) is 85.0 Å². The summed E-state index contributed by atoms with van der Waals surface area (Å²) < 4.78 is 7.57. The zero-order valence-electron chi connectivity index (χ0n) is 23.1. The summed E-state index contributed by atoms with van der Waals surface area (Å²) in [4.78, 5) is 24.8. The maximum absolute atomic E-state index is 13.1. The quantitative estimate of drug-likeness (QED) is 0.222. The number of carbonyl (C=O) groups excluding carboxylic acids is 1. The predicted molar refractivity (Wildman–Crippen MR) is 158 cm³/mol. The summed E-state index contributed by atoms with van der Waals surface area (Å²) in [5.41, 5.74) is 7.88. The van der Waals surface area contributed by atoms with Crippen molar-refractivity contribution in [2.75, 3.05) is 7.11 Å². The average molecular weight is 533 g/mol. The second kappa shape index (κ2) is 11.1. The van der Waals surface area contributed by atoms with E-state index >= 15 is 0 Å². The van der Waals surface area contributed by atoms with Gasteiger partial charge in [-0.1, -0.05) is 54.6 Å². The first-order valence-corrected chi connectivity index (χ1v) is 13.2. The minimum atomic E-state index is -0.938. The number of aromatic carboxylic acids is 1. The van der Waals surface area contributed by atoms with Crippen LogP contribution >= 0.6 is 0 Å². The number of amides is 1. The normalized spacial score (nSPS) is 11.8. The molecular formula is C34H32N2O4. The largest absolute Gasteiger partial charge is 0.497 e. The highest BCUT2D eigenvalue weighted by Gasteiger charge is 2.17. The van der Waals surface area contributed by atoms with E-state index in [1.54, 1.807) is 19.2 Å². The van der Waals surface area contributed by atoms with E-state index in [4.69, 9.17) is 4.74 Å². The number of fused-ring (bicyclic) bond motifs is 1. The number of aryl methyl sites for hydroxylation is 1. The highest BCUT2D eigenvalue weighted by atomic mass is 16.5. The molecule has 202 valence electrons. The number of methoxy groups -OCH3 is 1. The van der Waals surface area contributed by atoms with Gasteiger partial charge < -0.3 is 19.7 Å². The first-order valence-electron chi connectivity index (χ1n) is 13.2. The van der Waals surface area contributed by atoms with Crippen LogP contribution in [0.3, 0.4) is 0 Å². The number of hydrogen-bond acceptors (Lipinski definition) is 3. The third-order valence-electron chi connectivity index (χ3n) is 7.61. The van der Waals surface area contributed by atoms with Gasteiger partial charge in [0, 0.05) is 28.7 Å². The van der Waals surface area contributed by atoms with Crippen LogP contribution in [0.1, 0.15) is 56.1 Å². The number of carboxylic acid groups (broad SMARTS) is 1. The molecule has 5 aromatic rings. The molecule has 2 N–H and O–H groups in total. The van der Waals surface area contributed by atoms with Crippen molar-refractivity contribution in [1.29, 1.82) is 0 Å². The Kier molecular flexibility index (Phi) is 7.43. The number of carboxylic acids is 1. The molecule has 0 radical (unpaired) electrons. The van der Waals surface area contributed by atoms with E-state index in [1.807, 2.05) is 85.8 Å². The predicted octanol–water partition coefficient (Wildman–Crippen LogP) is 7.17. The Morgan fingerprint density at radius 3 is 2.40 bits per heavy atom. The topological polar surface area (TPSA) is 80.6 Å². The fourth-order valence-corrected chi connectivity index (χ4v) is 5.16. The van der Waals surface area contributed by atoms with Crippen LogP contribution in [0.4, 0.5) is 0 Å². The maximum atomic E-state index is 13.1. The molecule has 0 fully saturated rings. The van der Waals surface area contributed by atoms with Crippen molar-refractivity contribution in [1.82, 2.24) is 9.88 Å². The summed E-state index contributed by atoms with van der Waals surface area (Å²) in [5, 5.41) is 13.7. The van der Waals surface area contributed by atoms with Crippen molar-refractivity contribution in [2.24, 2.45) is 0 Å². The Labute approximate surface area is 233 Å². The van der Waals surface area contributed by atoms with Crippen LogP contribution in [0.25, 0.3) is 22.0 Å². The van der Waals surface area contributed by atoms with E-state index in [0.29, 0.717) is 17.7 Å². The van der Waals surface area contributed by atoms with Gasteiger partial charge in [0.2, 0.25) is 0 Å². The molecule has 0 saturated carbocycles. The second-order valence-corrected chi connectivity index (χ2v) is 10.0. The van der Waals surface area contributed by atoms with Crippen LogP contribution in [0.5, 0.6) is 5.75 Å². The molecule has 40 heavy (non-hydrogen) atoms. The van der Waals surface area contributed by atoms with Gasteiger partial charge >= 0.3 is 5.97 Å². The molecule has 0 aliphatic heterocycles. The molecule has 1 heterocycles. The monoisotopic (exact) mass is 532 g/mol. The molecular weight excluding hydrogens is 500 g/mol. The summed E-state index contributed by atoms with van der Waals surface area (Å²) in [6.07, 6.45) is 0. The van der Waals surface area contributed by atoms with E-state index in [9.17, 15) is 14.7 Å². The SMILES string of the molecule is COc1cccc([C@H](C)NC(=O)c2ccc3c(c2)c(C)c(C)n3Cc2ccc(-c3ccccc3C(=O)O)cc2)c1. The molecule has 0 aliphatic carbocycles. The van der Waals surface area contributed by atoms with Crippen molar-refractivity contribution < 1.29 is 19.4 Å². The van der Waals surface area contributed by atoms with E-state index in [1.165, 1.54) is 0 Å². The Hall–Kier alpha value is -4.84. The maximum Gasteiger partial charge on any atom is 0.336 e. The Morgan fingerprint density at radius 2 is 1.68 bits per heavy atom. The van der Waals surface area contributed by atoms with Gasteiger partial charge in [-0.25, -0.2) is 4.79 Å². The second-order valence-electron chi connectivity index (χ2n) is 10.0. The number of ether oxygens (including phenoxy) is 1. The number of hydrogen-bond donors (Lipinski definition) is 2. The molecule has 5 rings (SSSR count).